The van der Waals surface area contributed by atoms with Gasteiger partial charge in [-0.15, -0.1) is 0 Å². The second-order valence-electron chi connectivity index (χ2n) is 11.7. The number of ether oxygens (including phenoxy) is 1. The molecule has 0 aromatic heterocycles. The van der Waals surface area contributed by atoms with E-state index in [2.05, 4.69) is 10.6 Å². The smallest absolute Gasteiger partial charge is 0.408 e. The van der Waals surface area contributed by atoms with E-state index in [1.54, 1.807) is 37.8 Å². The van der Waals surface area contributed by atoms with E-state index in [0.29, 0.717) is 17.7 Å². The lowest BCUT2D eigenvalue weighted by Gasteiger charge is -2.38. The van der Waals surface area contributed by atoms with E-state index < -0.39 is 29.7 Å². The van der Waals surface area contributed by atoms with Gasteiger partial charge in [0, 0.05) is 18.2 Å². The summed E-state index contributed by atoms with van der Waals surface area (Å²) in [5.41, 5.74) is 3.11. The molecule has 3 rings (SSSR count). The lowest BCUT2D eigenvalue weighted by Crippen LogP contribution is -2.55. The number of aromatic hydroxyl groups is 1. The van der Waals surface area contributed by atoms with Gasteiger partial charge in [0.25, 0.3) is 5.91 Å². The zero-order chi connectivity index (χ0) is 31.0. The van der Waals surface area contributed by atoms with Gasteiger partial charge in [-0.3, -0.25) is 9.59 Å². The quantitative estimate of drug-likeness (QED) is 0.258. The van der Waals surface area contributed by atoms with Crippen LogP contribution in [0.15, 0.2) is 72.8 Å². The molecule has 0 fully saturated rings. The van der Waals surface area contributed by atoms with Crippen molar-refractivity contribution in [2.24, 2.45) is 0 Å². The Morgan fingerprint density at radius 3 is 2.21 bits per heavy atom. The predicted molar refractivity (Wildman–Crippen MR) is 165 cm³/mol. The van der Waals surface area contributed by atoms with Crippen molar-refractivity contribution in [2.45, 2.75) is 85.0 Å². The van der Waals surface area contributed by atoms with Gasteiger partial charge in [0.1, 0.15) is 23.4 Å². The van der Waals surface area contributed by atoms with Crippen molar-refractivity contribution in [2.75, 3.05) is 5.32 Å². The number of anilines is 1. The van der Waals surface area contributed by atoms with Gasteiger partial charge in [0.15, 0.2) is 0 Å². The van der Waals surface area contributed by atoms with E-state index in [-0.39, 0.29) is 24.1 Å². The molecule has 0 aliphatic carbocycles. The van der Waals surface area contributed by atoms with E-state index in [9.17, 15) is 19.5 Å². The highest BCUT2D eigenvalue weighted by Gasteiger charge is 2.38. The number of nitrogens with one attached hydrogen (secondary N) is 2. The molecular weight excluding hydrogens is 530 g/mol. The number of carbonyl (C=O) groups excluding carboxylic acids is 3. The number of benzene rings is 3. The number of para-hydroxylation sites is 1. The van der Waals surface area contributed by atoms with E-state index in [1.165, 1.54) is 12.1 Å². The highest BCUT2D eigenvalue weighted by Crippen LogP contribution is 2.29. The molecule has 224 valence electrons. The molecule has 0 aliphatic heterocycles. The van der Waals surface area contributed by atoms with Crippen LogP contribution in [0.2, 0.25) is 0 Å². The second-order valence-corrected chi connectivity index (χ2v) is 11.7. The third kappa shape index (κ3) is 8.83. The van der Waals surface area contributed by atoms with Crippen molar-refractivity contribution in [1.82, 2.24) is 10.2 Å². The van der Waals surface area contributed by atoms with E-state index >= 15 is 0 Å². The summed E-state index contributed by atoms with van der Waals surface area (Å²) < 4.78 is 5.50. The molecule has 0 radical (unpaired) electrons. The molecule has 0 bridgehead atoms. The van der Waals surface area contributed by atoms with Crippen LogP contribution in [0.5, 0.6) is 5.75 Å². The van der Waals surface area contributed by atoms with Crippen molar-refractivity contribution < 1.29 is 24.2 Å². The minimum Gasteiger partial charge on any atom is -0.508 e. The summed E-state index contributed by atoms with van der Waals surface area (Å²) in [6.45, 7) is 12.9. The highest BCUT2D eigenvalue weighted by molar-refractivity contribution is 5.99. The molecule has 3 unspecified atom stereocenters. The van der Waals surface area contributed by atoms with E-state index in [1.807, 2.05) is 76.2 Å². The fourth-order valence-corrected chi connectivity index (χ4v) is 4.69. The number of aryl methyl sites for hydroxylation is 2. The Labute approximate surface area is 249 Å². The number of hydrogen-bond acceptors (Lipinski definition) is 5. The molecule has 8 heteroatoms. The first-order chi connectivity index (χ1) is 19.8. The highest BCUT2D eigenvalue weighted by atomic mass is 16.6. The maximum atomic E-state index is 14.6. The van der Waals surface area contributed by atoms with Gasteiger partial charge in [0.2, 0.25) is 5.91 Å². The minimum atomic E-state index is -1.04. The van der Waals surface area contributed by atoms with Crippen molar-refractivity contribution in [3.8, 4) is 5.75 Å². The molecule has 0 saturated carbocycles. The molecule has 3 aromatic rings. The third-order valence-corrected chi connectivity index (χ3v) is 6.97. The molecule has 3 aromatic carbocycles. The normalized spacial score (nSPS) is 13.4. The Morgan fingerprint density at radius 1 is 0.952 bits per heavy atom. The summed E-state index contributed by atoms with van der Waals surface area (Å²) in [5, 5.41) is 15.6. The Kier molecular flexibility index (Phi) is 10.8. The largest absolute Gasteiger partial charge is 0.508 e. The Hall–Kier alpha value is -4.33. The van der Waals surface area contributed by atoms with Gasteiger partial charge in [-0.05, 0) is 82.9 Å². The second kappa shape index (κ2) is 14.0. The Bertz CT molecular complexity index is 1380. The lowest BCUT2D eigenvalue weighted by atomic mass is 9.97. The first kappa shape index (κ1) is 32.2. The topological polar surface area (TPSA) is 108 Å². The van der Waals surface area contributed by atoms with Crippen LogP contribution in [-0.2, 0) is 20.7 Å². The SMILES string of the molecule is CCC(C)N(C(=O)C(Cc1ccc(O)cc1)NC(=O)OC(C)(C)C)C(C(=O)Nc1ccccc1C)c1cccc(C)c1. The number of carbonyl (C=O) groups is 3. The number of alkyl carbamates (subject to hydrolysis) is 1. The standard InChI is InChI=1S/C34H43N3O5/c1-8-24(4)37(30(26-14-11-12-22(2)20-26)31(39)35-28-15-10-9-13-23(28)3)32(40)29(36-33(41)42-34(5,6)7)21-25-16-18-27(38)19-17-25/h9-20,24,29-30,38H,8,21H2,1-7H3,(H,35,39)(H,36,41). The van der Waals surface area contributed by atoms with Crippen LogP contribution >= 0.6 is 0 Å². The van der Waals surface area contributed by atoms with Crippen LogP contribution in [0.1, 0.15) is 69.3 Å². The molecule has 0 spiro atoms. The van der Waals surface area contributed by atoms with Crippen molar-refractivity contribution >= 4 is 23.6 Å². The summed E-state index contributed by atoms with van der Waals surface area (Å²) in [7, 11) is 0. The van der Waals surface area contributed by atoms with Gasteiger partial charge in [-0.2, -0.15) is 0 Å². The number of hydrogen-bond donors (Lipinski definition) is 3. The molecular formula is C34H43N3O5. The third-order valence-electron chi connectivity index (χ3n) is 6.97. The number of phenolic OH excluding ortho intramolecular Hbond substituents is 1. The van der Waals surface area contributed by atoms with Gasteiger partial charge in [0.05, 0.1) is 0 Å². The first-order valence-electron chi connectivity index (χ1n) is 14.3. The van der Waals surface area contributed by atoms with Gasteiger partial charge >= 0.3 is 6.09 Å². The summed E-state index contributed by atoms with van der Waals surface area (Å²) in [6.07, 6.45) is -0.0323. The summed E-state index contributed by atoms with van der Waals surface area (Å²) >= 11 is 0. The molecule has 0 saturated heterocycles. The van der Waals surface area contributed by atoms with E-state index in [4.69, 9.17) is 4.74 Å². The van der Waals surface area contributed by atoms with Gasteiger partial charge < -0.3 is 25.4 Å². The molecule has 0 heterocycles. The zero-order valence-electron chi connectivity index (χ0n) is 25.6. The van der Waals surface area contributed by atoms with Crippen LogP contribution in [0.25, 0.3) is 0 Å². The average Bonchev–Trinajstić information content (AvgIpc) is 2.92. The molecule has 3 atom stereocenters. The number of amides is 3. The zero-order valence-corrected chi connectivity index (χ0v) is 25.6. The van der Waals surface area contributed by atoms with Crippen LogP contribution in [0.4, 0.5) is 10.5 Å². The molecule has 3 amide bonds. The summed E-state index contributed by atoms with van der Waals surface area (Å²) in [5.74, 6) is -0.686. The maximum absolute atomic E-state index is 14.6. The average molecular weight is 574 g/mol. The fourth-order valence-electron chi connectivity index (χ4n) is 4.69. The Morgan fingerprint density at radius 2 is 1.62 bits per heavy atom. The number of phenols is 1. The van der Waals surface area contributed by atoms with Gasteiger partial charge in [-0.1, -0.05) is 67.1 Å². The fraction of sp³-hybridized carbons (Fsp3) is 0.382. The van der Waals surface area contributed by atoms with Crippen LogP contribution in [-0.4, -0.2) is 45.6 Å². The maximum Gasteiger partial charge on any atom is 0.408 e. The number of nitrogens with zero attached hydrogens (tertiary/aromatic N) is 1. The van der Waals surface area contributed by atoms with Gasteiger partial charge in [-0.25, -0.2) is 4.79 Å². The summed E-state index contributed by atoms with van der Waals surface area (Å²) in [6, 6.07) is 19.1. The van der Waals surface area contributed by atoms with Crippen LogP contribution < -0.4 is 10.6 Å². The van der Waals surface area contributed by atoms with E-state index in [0.717, 1.165) is 16.7 Å². The molecule has 3 N–H and O–H groups in total. The molecule has 0 aliphatic rings. The van der Waals surface area contributed by atoms with Crippen molar-refractivity contribution in [3.05, 3.63) is 95.1 Å². The summed E-state index contributed by atoms with van der Waals surface area (Å²) in [4.78, 5) is 43.2. The minimum absolute atomic E-state index is 0.0929. The van der Waals surface area contributed by atoms with Crippen LogP contribution in [0.3, 0.4) is 0 Å². The van der Waals surface area contributed by atoms with Crippen LogP contribution in [0, 0.1) is 13.8 Å². The van der Waals surface area contributed by atoms with Crippen molar-refractivity contribution in [1.29, 1.82) is 0 Å². The van der Waals surface area contributed by atoms with Crippen molar-refractivity contribution in [3.63, 3.8) is 0 Å². The predicted octanol–water partition coefficient (Wildman–Crippen LogP) is 6.45. The lowest BCUT2D eigenvalue weighted by molar-refractivity contribution is -0.143. The molecule has 42 heavy (non-hydrogen) atoms. The molecule has 8 nitrogen and oxygen atoms in total. The number of rotatable bonds is 10. The first-order valence-corrected chi connectivity index (χ1v) is 14.3. The Balaban J connectivity index is 2.10. The monoisotopic (exact) mass is 573 g/mol.